The van der Waals surface area contributed by atoms with Gasteiger partial charge in [-0.25, -0.2) is 4.90 Å². The van der Waals surface area contributed by atoms with Crippen LogP contribution in [0.4, 0.5) is 5.69 Å². The average Bonchev–Trinajstić information content (AvgIpc) is 3.22. The number of anilines is 1. The fourth-order valence-electron chi connectivity index (χ4n) is 4.53. The summed E-state index contributed by atoms with van der Waals surface area (Å²) in [7, 11) is 0. The number of carbonyl (C=O) groups is 2. The third kappa shape index (κ3) is 2.57. The van der Waals surface area contributed by atoms with E-state index in [1.165, 1.54) is 12.8 Å². The molecule has 2 amide bonds. The van der Waals surface area contributed by atoms with Crippen LogP contribution in [0.15, 0.2) is 48.5 Å². The lowest BCUT2D eigenvalue weighted by atomic mass is 9.93. The molecular formula is C23H17Cl2NO2. The highest BCUT2D eigenvalue weighted by Gasteiger charge is 2.36. The van der Waals surface area contributed by atoms with Crippen LogP contribution in [0.3, 0.4) is 0 Å². The number of halogens is 2. The van der Waals surface area contributed by atoms with E-state index >= 15 is 0 Å². The van der Waals surface area contributed by atoms with E-state index < -0.39 is 11.8 Å². The molecule has 3 nitrogen and oxygen atoms in total. The van der Waals surface area contributed by atoms with E-state index in [1.807, 2.05) is 36.4 Å². The van der Waals surface area contributed by atoms with Gasteiger partial charge in [0.2, 0.25) is 0 Å². The lowest BCUT2D eigenvalue weighted by molar-refractivity contribution is 0.0893. The first-order chi connectivity index (χ1) is 13.6. The third-order valence-corrected chi connectivity index (χ3v) is 6.44. The van der Waals surface area contributed by atoms with Gasteiger partial charge in [-0.1, -0.05) is 60.3 Å². The third-order valence-electron chi connectivity index (χ3n) is 5.86. The first-order valence-electron chi connectivity index (χ1n) is 9.45. The second-order valence-corrected chi connectivity index (χ2v) is 8.28. The molecule has 5 heteroatoms. The fourth-order valence-corrected chi connectivity index (χ4v) is 5.20. The average molecular weight is 410 g/mol. The molecule has 1 fully saturated rings. The van der Waals surface area contributed by atoms with Gasteiger partial charge in [0.1, 0.15) is 0 Å². The summed E-state index contributed by atoms with van der Waals surface area (Å²) in [5.74, 6) is -0.357. The van der Waals surface area contributed by atoms with Crippen molar-refractivity contribution in [3.05, 3.63) is 75.3 Å². The number of carbonyl (C=O) groups excluding carboxylic acids is 2. The molecule has 1 aliphatic carbocycles. The second kappa shape index (κ2) is 6.61. The van der Waals surface area contributed by atoms with Crippen molar-refractivity contribution in [3.63, 3.8) is 0 Å². The van der Waals surface area contributed by atoms with E-state index in [9.17, 15) is 9.59 Å². The molecule has 0 atom stereocenters. The van der Waals surface area contributed by atoms with E-state index in [0.717, 1.165) is 28.7 Å². The zero-order valence-electron chi connectivity index (χ0n) is 15.0. The van der Waals surface area contributed by atoms with Crippen LogP contribution in [-0.2, 0) is 0 Å². The quantitative estimate of drug-likeness (QED) is 0.446. The van der Waals surface area contributed by atoms with Crippen LogP contribution in [0.25, 0.3) is 10.8 Å². The summed E-state index contributed by atoms with van der Waals surface area (Å²) in [4.78, 5) is 27.6. The highest BCUT2D eigenvalue weighted by atomic mass is 35.5. The molecule has 0 saturated heterocycles. The number of rotatable bonds is 2. The van der Waals surface area contributed by atoms with Crippen LogP contribution >= 0.6 is 23.2 Å². The Morgan fingerprint density at radius 1 is 0.821 bits per heavy atom. The van der Waals surface area contributed by atoms with Gasteiger partial charge >= 0.3 is 0 Å². The zero-order chi connectivity index (χ0) is 19.4. The number of hydrogen-bond donors (Lipinski definition) is 0. The van der Waals surface area contributed by atoms with E-state index in [4.69, 9.17) is 23.2 Å². The first kappa shape index (κ1) is 17.7. The van der Waals surface area contributed by atoms with Crippen molar-refractivity contribution >= 4 is 51.5 Å². The zero-order valence-corrected chi connectivity index (χ0v) is 16.6. The highest BCUT2D eigenvalue weighted by molar-refractivity contribution is 6.44. The van der Waals surface area contributed by atoms with Gasteiger partial charge in [-0.15, -0.1) is 0 Å². The largest absolute Gasteiger partial charge is 0.268 e. The Labute approximate surface area is 172 Å². The van der Waals surface area contributed by atoms with Crippen molar-refractivity contribution in [2.45, 2.75) is 31.6 Å². The summed E-state index contributed by atoms with van der Waals surface area (Å²) in [5.41, 5.74) is 2.32. The van der Waals surface area contributed by atoms with Gasteiger partial charge < -0.3 is 0 Å². The summed E-state index contributed by atoms with van der Waals surface area (Å²) in [6.45, 7) is 0. The summed E-state index contributed by atoms with van der Waals surface area (Å²) < 4.78 is 0. The molecule has 3 aromatic rings. The minimum absolute atomic E-state index is 0.270. The molecule has 1 saturated carbocycles. The smallest absolute Gasteiger partial charge is 0.266 e. The minimum atomic E-state index is -0.397. The Kier molecular flexibility index (Phi) is 4.18. The molecule has 2 aliphatic rings. The molecule has 0 spiro atoms. The van der Waals surface area contributed by atoms with Crippen molar-refractivity contribution in [1.29, 1.82) is 0 Å². The van der Waals surface area contributed by atoms with Gasteiger partial charge in [-0.05, 0) is 54.0 Å². The monoisotopic (exact) mass is 409 g/mol. The predicted octanol–water partition coefficient (Wildman–Crippen LogP) is 6.60. The Morgan fingerprint density at radius 2 is 1.36 bits per heavy atom. The topological polar surface area (TPSA) is 37.4 Å². The van der Waals surface area contributed by atoms with Crippen LogP contribution in [0, 0.1) is 0 Å². The molecule has 28 heavy (non-hydrogen) atoms. The molecule has 5 rings (SSSR count). The summed E-state index contributed by atoms with van der Waals surface area (Å²) >= 11 is 13.2. The molecule has 0 N–H and O–H groups in total. The molecule has 0 radical (unpaired) electrons. The van der Waals surface area contributed by atoms with Gasteiger partial charge in [0.05, 0.1) is 15.7 Å². The predicted molar refractivity (Wildman–Crippen MR) is 113 cm³/mol. The summed E-state index contributed by atoms with van der Waals surface area (Å²) in [6.07, 6.45) is 4.63. The van der Waals surface area contributed by atoms with Crippen LogP contribution in [0.5, 0.6) is 0 Å². The minimum Gasteiger partial charge on any atom is -0.268 e. The maximum atomic E-state index is 13.2. The molecule has 0 unspecified atom stereocenters. The lowest BCUT2D eigenvalue weighted by Crippen LogP contribution is -2.40. The number of imide groups is 1. The van der Waals surface area contributed by atoms with Crippen molar-refractivity contribution in [2.24, 2.45) is 0 Å². The highest BCUT2D eigenvalue weighted by Crippen LogP contribution is 2.43. The molecule has 1 aliphatic heterocycles. The van der Waals surface area contributed by atoms with E-state index in [0.29, 0.717) is 32.5 Å². The second-order valence-electron chi connectivity index (χ2n) is 7.47. The van der Waals surface area contributed by atoms with E-state index in [1.54, 1.807) is 12.1 Å². The Balaban J connectivity index is 1.66. The molecule has 140 valence electrons. The van der Waals surface area contributed by atoms with Crippen LogP contribution in [-0.4, -0.2) is 11.8 Å². The first-order valence-corrected chi connectivity index (χ1v) is 10.2. The van der Waals surface area contributed by atoms with Gasteiger partial charge in [0.25, 0.3) is 11.8 Å². The summed E-state index contributed by atoms with van der Waals surface area (Å²) in [6, 6.07) is 14.6. The summed E-state index contributed by atoms with van der Waals surface area (Å²) in [5, 5.41) is 2.22. The maximum Gasteiger partial charge on any atom is 0.266 e. The van der Waals surface area contributed by atoms with Crippen LogP contribution in [0.2, 0.25) is 10.0 Å². The SMILES string of the molecule is O=C1c2cccc3cccc(c23)C(=O)N1c1c(Cl)cc(C2CCCC2)cc1Cl. The number of benzene rings is 3. The van der Waals surface area contributed by atoms with Gasteiger partial charge in [0, 0.05) is 16.5 Å². The van der Waals surface area contributed by atoms with Crippen molar-refractivity contribution in [2.75, 3.05) is 4.90 Å². The Hall–Kier alpha value is -2.36. The normalized spacial score (nSPS) is 17.0. The Morgan fingerprint density at radius 3 is 1.89 bits per heavy atom. The van der Waals surface area contributed by atoms with Crippen LogP contribution in [0.1, 0.15) is 57.9 Å². The standard InChI is InChI=1S/C23H17Cl2NO2/c24-18-11-15(13-5-1-2-6-13)12-19(25)21(18)26-22(27)16-9-3-7-14-8-4-10-17(20(14)16)23(26)28/h3-4,7-13H,1-2,5-6H2. The maximum absolute atomic E-state index is 13.2. The lowest BCUT2D eigenvalue weighted by Gasteiger charge is -2.29. The number of amides is 2. The Bertz CT molecular complexity index is 1070. The van der Waals surface area contributed by atoms with E-state index in [2.05, 4.69) is 0 Å². The molecular weight excluding hydrogens is 393 g/mol. The molecule has 0 bridgehead atoms. The molecule has 1 heterocycles. The van der Waals surface area contributed by atoms with Gasteiger partial charge in [-0.2, -0.15) is 0 Å². The fraction of sp³-hybridized carbons (Fsp3) is 0.217. The molecule has 3 aromatic carbocycles. The molecule has 0 aromatic heterocycles. The van der Waals surface area contributed by atoms with Crippen molar-refractivity contribution < 1.29 is 9.59 Å². The number of hydrogen-bond acceptors (Lipinski definition) is 2. The van der Waals surface area contributed by atoms with E-state index in [-0.39, 0.29) is 5.69 Å². The number of nitrogens with zero attached hydrogens (tertiary/aromatic N) is 1. The van der Waals surface area contributed by atoms with Gasteiger partial charge in [-0.3, -0.25) is 9.59 Å². The van der Waals surface area contributed by atoms with Gasteiger partial charge in [0.15, 0.2) is 0 Å². The van der Waals surface area contributed by atoms with Crippen molar-refractivity contribution in [3.8, 4) is 0 Å². The van der Waals surface area contributed by atoms with Crippen LogP contribution < -0.4 is 4.90 Å². The van der Waals surface area contributed by atoms with Crippen molar-refractivity contribution in [1.82, 2.24) is 0 Å².